The van der Waals surface area contributed by atoms with E-state index in [1.54, 1.807) is 0 Å². The molecule has 3 heteroatoms. The lowest BCUT2D eigenvalue weighted by atomic mass is 9.87. The average molecular weight is 233 g/mol. The average Bonchev–Trinajstić information content (AvgIpc) is 2.57. The van der Waals surface area contributed by atoms with Gasteiger partial charge < -0.3 is 5.32 Å². The molecule has 1 aromatic rings. The molecule has 0 bridgehead atoms. The van der Waals surface area contributed by atoms with Crippen LogP contribution in [0.15, 0.2) is 6.07 Å². The molecule has 0 spiro atoms. The number of nitrogens with one attached hydrogen (secondary N) is 1. The van der Waals surface area contributed by atoms with Crippen LogP contribution in [-0.4, -0.2) is 16.0 Å². The Balaban J connectivity index is 2.15. The van der Waals surface area contributed by atoms with Gasteiger partial charge in [-0.15, -0.1) is 0 Å². The van der Waals surface area contributed by atoms with Gasteiger partial charge in [-0.25, -0.2) is 9.97 Å². The molecule has 1 unspecified atom stereocenters. The zero-order valence-electron chi connectivity index (χ0n) is 11.4. The van der Waals surface area contributed by atoms with Crippen LogP contribution in [0.2, 0.25) is 0 Å². The Morgan fingerprint density at radius 1 is 1.41 bits per heavy atom. The number of aryl methyl sites for hydroxylation is 2. The first kappa shape index (κ1) is 12.3. The van der Waals surface area contributed by atoms with Crippen molar-refractivity contribution >= 4 is 5.82 Å². The largest absolute Gasteiger partial charge is 0.367 e. The Labute approximate surface area is 104 Å². The fourth-order valence-electron chi connectivity index (χ4n) is 2.66. The summed E-state index contributed by atoms with van der Waals surface area (Å²) >= 11 is 0. The van der Waals surface area contributed by atoms with Crippen LogP contribution in [0, 0.1) is 12.3 Å². The summed E-state index contributed by atoms with van der Waals surface area (Å²) in [7, 11) is 0. The van der Waals surface area contributed by atoms with E-state index >= 15 is 0 Å². The standard InChI is InChI=1S/C14H23N3/c1-5-11-9-13(16-10(2)15-11)17-12-7-6-8-14(12,3)4/h9,12H,5-8H2,1-4H3,(H,15,16,17). The van der Waals surface area contributed by atoms with Crippen LogP contribution in [0.25, 0.3) is 0 Å². The first-order valence-corrected chi connectivity index (χ1v) is 6.62. The summed E-state index contributed by atoms with van der Waals surface area (Å²) in [4.78, 5) is 8.90. The number of hydrogen-bond acceptors (Lipinski definition) is 3. The maximum Gasteiger partial charge on any atom is 0.130 e. The molecule has 17 heavy (non-hydrogen) atoms. The summed E-state index contributed by atoms with van der Waals surface area (Å²) in [6.45, 7) is 8.77. The molecule has 1 fully saturated rings. The van der Waals surface area contributed by atoms with Crippen LogP contribution in [-0.2, 0) is 6.42 Å². The molecule has 1 aliphatic rings. The SMILES string of the molecule is CCc1cc(NC2CCCC2(C)C)nc(C)n1. The van der Waals surface area contributed by atoms with Crippen LogP contribution >= 0.6 is 0 Å². The van der Waals surface area contributed by atoms with Gasteiger partial charge in [-0.3, -0.25) is 0 Å². The Morgan fingerprint density at radius 3 is 2.76 bits per heavy atom. The van der Waals surface area contributed by atoms with Crippen molar-refractivity contribution in [2.45, 2.75) is 59.4 Å². The first-order chi connectivity index (χ1) is 8.01. The van der Waals surface area contributed by atoms with Gasteiger partial charge in [-0.2, -0.15) is 0 Å². The molecule has 2 rings (SSSR count). The molecule has 1 saturated carbocycles. The second-order valence-electron chi connectivity index (χ2n) is 5.72. The Bertz CT molecular complexity index is 398. The highest BCUT2D eigenvalue weighted by atomic mass is 15.1. The lowest BCUT2D eigenvalue weighted by Gasteiger charge is -2.28. The minimum Gasteiger partial charge on any atom is -0.367 e. The van der Waals surface area contributed by atoms with Crippen molar-refractivity contribution in [3.8, 4) is 0 Å². The summed E-state index contributed by atoms with van der Waals surface area (Å²) in [6, 6.07) is 2.63. The van der Waals surface area contributed by atoms with Crippen molar-refractivity contribution in [1.82, 2.24) is 9.97 Å². The number of nitrogens with zero attached hydrogens (tertiary/aromatic N) is 2. The van der Waals surface area contributed by atoms with Crippen LogP contribution in [0.4, 0.5) is 5.82 Å². The first-order valence-electron chi connectivity index (χ1n) is 6.62. The van der Waals surface area contributed by atoms with E-state index in [0.29, 0.717) is 11.5 Å². The maximum absolute atomic E-state index is 4.49. The normalized spacial score (nSPS) is 22.7. The predicted molar refractivity (Wildman–Crippen MR) is 71.2 cm³/mol. The highest BCUT2D eigenvalue weighted by Gasteiger charge is 2.34. The van der Waals surface area contributed by atoms with Crippen molar-refractivity contribution in [2.24, 2.45) is 5.41 Å². The Morgan fingerprint density at radius 2 is 2.18 bits per heavy atom. The third-order valence-corrected chi connectivity index (χ3v) is 3.83. The van der Waals surface area contributed by atoms with Gasteiger partial charge in [0, 0.05) is 17.8 Å². The minimum atomic E-state index is 0.380. The molecule has 0 aliphatic heterocycles. The number of anilines is 1. The lowest BCUT2D eigenvalue weighted by Crippen LogP contribution is -2.31. The van der Waals surface area contributed by atoms with Gasteiger partial charge in [0.25, 0.3) is 0 Å². The van der Waals surface area contributed by atoms with Crippen LogP contribution < -0.4 is 5.32 Å². The van der Waals surface area contributed by atoms with Crippen LogP contribution in [0.1, 0.15) is 51.6 Å². The van der Waals surface area contributed by atoms with E-state index in [9.17, 15) is 0 Å². The topological polar surface area (TPSA) is 37.8 Å². The van der Waals surface area contributed by atoms with Crippen LogP contribution in [0.5, 0.6) is 0 Å². The van der Waals surface area contributed by atoms with Crippen molar-refractivity contribution in [3.05, 3.63) is 17.6 Å². The summed E-state index contributed by atoms with van der Waals surface area (Å²) < 4.78 is 0. The van der Waals surface area contributed by atoms with E-state index in [1.165, 1.54) is 19.3 Å². The Hall–Kier alpha value is -1.12. The summed E-state index contributed by atoms with van der Waals surface area (Å²) in [5, 5.41) is 3.60. The highest BCUT2D eigenvalue weighted by Crippen LogP contribution is 2.38. The molecular formula is C14H23N3. The fraction of sp³-hybridized carbons (Fsp3) is 0.714. The quantitative estimate of drug-likeness (QED) is 0.870. The molecule has 0 aromatic carbocycles. The smallest absolute Gasteiger partial charge is 0.130 e. The predicted octanol–water partition coefficient (Wildman–Crippen LogP) is 3.34. The second-order valence-corrected chi connectivity index (χ2v) is 5.72. The van der Waals surface area contributed by atoms with E-state index < -0.39 is 0 Å². The van der Waals surface area contributed by atoms with Crippen molar-refractivity contribution < 1.29 is 0 Å². The molecule has 0 saturated heterocycles. The van der Waals surface area contributed by atoms with Gasteiger partial charge in [0.05, 0.1) is 0 Å². The van der Waals surface area contributed by atoms with E-state index in [0.717, 1.165) is 23.8 Å². The molecule has 1 aliphatic carbocycles. The highest BCUT2D eigenvalue weighted by molar-refractivity contribution is 5.38. The fourth-order valence-corrected chi connectivity index (χ4v) is 2.66. The van der Waals surface area contributed by atoms with Gasteiger partial charge in [0.1, 0.15) is 11.6 Å². The molecule has 0 amide bonds. The number of rotatable bonds is 3. The Kier molecular flexibility index (Phi) is 3.36. The molecule has 1 atom stereocenters. The molecule has 1 N–H and O–H groups in total. The van der Waals surface area contributed by atoms with E-state index in [-0.39, 0.29) is 0 Å². The summed E-state index contributed by atoms with van der Waals surface area (Å²) in [6.07, 6.45) is 4.83. The van der Waals surface area contributed by atoms with Gasteiger partial charge in [-0.05, 0) is 31.6 Å². The lowest BCUT2D eigenvalue weighted by molar-refractivity contribution is 0.349. The minimum absolute atomic E-state index is 0.380. The number of hydrogen-bond donors (Lipinski definition) is 1. The number of aromatic nitrogens is 2. The van der Waals surface area contributed by atoms with E-state index in [1.807, 2.05) is 6.92 Å². The molecule has 0 radical (unpaired) electrons. The van der Waals surface area contributed by atoms with Gasteiger partial charge in [-0.1, -0.05) is 27.2 Å². The summed E-state index contributed by atoms with van der Waals surface area (Å²) in [5.41, 5.74) is 1.50. The van der Waals surface area contributed by atoms with E-state index in [2.05, 4.69) is 42.1 Å². The molecule has 94 valence electrons. The van der Waals surface area contributed by atoms with Crippen molar-refractivity contribution in [3.63, 3.8) is 0 Å². The molecule has 1 heterocycles. The molecule has 1 aromatic heterocycles. The van der Waals surface area contributed by atoms with Crippen LogP contribution in [0.3, 0.4) is 0 Å². The maximum atomic E-state index is 4.49. The van der Waals surface area contributed by atoms with Gasteiger partial charge in [0.15, 0.2) is 0 Å². The third kappa shape index (κ3) is 2.76. The zero-order valence-corrected chi connectivity index (χ0v) is 11.4. The third-order valence-electron chi connectivity index (χ3n) is 3.83. The molecule has 3 nitrogen and oxygen atoms in total. The van der Waals surface area contributed by atoms with E-state index in [4.69, 9.17) is 0 Å². The van der Waals surface area contributed by atoms with Gasteiger partial charge >= 0.3 is 0 Å². The molecular weight excluding hydrogens is 210 g/mol. The second kappa shape index (κ2) is 4.63. The zero-order chi connectivity index (χ0) is 12.5. The monoisotopic (exact) mass is 233 g/mol. The summed E-state index contributed by atoms with van der Waals surface area (Å²) in [5.74, 6) is 1.86. The van der Waals surface area contributed by atoms with Crippen molar-refractivity contribution in [2.75, 3.05) is 5.32 Å². The van der Waals surface area contributed by atoms with Crippen molar-refractivity contribution in [1.29, 1.82) is 0 Å². The van der Waals surface area contributed by atoms with Gasteiger partial charge in [0.2, 0.25) is 0 Å².